The smallest absolute Gasteiger partial charge is 0.341 e. The van der Waals surface area contributed by atoms with Crippen LogP contribution in [0.5, 0.6) is 0 Å². The van der Waals surface area contributed by atoms with Crippen molar-refractivity contribution in [3.63, 3.8) is 0 Å². The number of carbonyl (C=O) groups excluding carboxylic acids is 2. The molecule has 5 nitrogen and oxygen atoms in total. The standard InChI is InChI=1S/C22H28N2O3S/c1-5-27-22(26)20-16-8-6-14(3)11-18(16)28-21(20)24-19(25)12-23-17-9-7-13(2)10-15(17)4/h7,9-10,14,23H,5-6,8,11-12H2,1-4H3,(H,24,25). The molecule has 0 saturated carbocycles. The average Bonchev–Trinajstić information content (AvgIpc) is 2.97. The van der Waals surface area contributed by atoms with Crippen LogP contribution in [0.3, 0.4) is 0 Å². The van der Waals surface area contributed by atoms with Gasteiger partial charge < -0.3 is 15.4 Å². The molecular weight excluding hydrogens is 372 g/mol. The van der Waals surface area contributed by atoms with Crippen LogP contribution in [0.15, 0.2) is 18.2 Å². The molecule has 0 aliphatic heterocycles. The highest BCUT2D eigenvalue weighted by Gasteiger charge is 2.29. The van der Waals surface area contributed by atoms with E-state index in [1.54, 1.807) is 6.92 Å². The number of nitrogens with one attached hydrogen (secondary N) is 2. The number of rotatable bonds is 6. The van der Waals surface area contributed by atoms with E-state index < -0.39 is 0 Å². The summed E-state index contributed by atoms with van der Waals surface area (Å²) in [6.07, 6.45) is 2.86. The molecule has 28 heavy (non-hydrogen) atoms. The number of amides is 1. The quantitative estimate of drug-likeness (QED) is 0.689. The molecule has 1 unspecified atom stereocenters. The fourth-order valence-electron chi connectivity index (χ4n) is 3.62. The summed E-state index contributed by atoms with van der Waals surface area (Å²) in [6, 6.07) is 6.07. The van der Waals surface area contributed by atoms with Crippen LogP contribution in [0.25, 0.3) is 0 Å². The Hall–Kier alpha value is -2.34. The number of anilines is 2. The van der Waals surface area contributed by atoms with Gasteiger partial charge in [0.15, 0.2) is 0 Å². The molecule has 2 N–H and O–H groups in total. The van der Waals surface area contributed by atoms with E-state index in [4.69, 9.17) is 4.74 Å². The average molecular weight is 401 g/mol. The Bertz CT molecular complexity index is 888. The lowest BCUT2D eigenvalue weighted by atomic mass is 9.88. The Morgan fingerprint density at radius 1 is 1.29 bits per heavy atom. The second-order valence-corrected chi connectivity index (χ2v) is 8.60. The van der Waals surface area contributed by atoms with Crippen molar-refractivity contribution in [2.45, 2.75) is 47.0 Å². The van der Waals surface area contributed by atoms with Gasteiger partial charge in [0.05, 0.1) is 18.7 Å². The topological polar surface area (TPSA) is 67.4 Å². The summed E-state index contributed by atoms with van der Waals surface area (Å²) in [5.41, 5.74) is 4.82. The predicted molar refractivity (Wildman–Crippen MR) is 114 cm³/mol. The van der Waals surface area contributed by atoms with Gasteiger partial charge in [-0.25, -0.2) is 4.79 Å². The lowest BCUT2D eigenvalue weighted by molar-refractivity contribution is -0.114. The van der Waals surface area contributed by atoms with E-state index in [0.717, 1.165) is 36.1 Å². The summed E-state index contributed by atoms with van der Waals surface area (Å²) in [6.45, 7) is 8.54. The molecule has 0 saturated heterocycles. The summed E-state index contributed by atoms with van der Waals surface area (Å²) in [4.78, 5) is 26.3. The normalized spacial score (nSPS) is 15.6. The molecule has 1 aromatic carbocycles. The fourth-order valence-corrected chi connectivity index (χ4v) is 5.03. The number of carbonyl (C=O) groups is 2. The second-order valence-electron chi connectivity index (χ2n) is 7.50. The maximum atomic E-state index is 12.6. The third-order valence-electron chi connectivity index (χ3n) is 5.07. The molecule has 150 valence electrons. The zero-order chi connectivity index (χ0) is 20.3. The van der Waals surface area contributed by atoms with Crippen molar-refractivity contribution in [3.05, 3.63) is 45.3 Å². The number of hydrogen-bond acceptors (Lipinski definition) is 5. The summed E-state index contributed by atoms with van der Waals surface area (Å²) >= 11 is 1.51. The van der Waals surface area contributed by atoms with Gasteiger partial charge in [-0.05, 0) is 63.1 Å². The van der Waals surface area contributed by atoms with Gasteiger partial charge in [-0.15, -0.1) is 11.3 Å². The van der Waals surface area contributed by atoms with E-state index in [-0.39, 0.29) is 18.4 Å². The van der Waals surface area contributed by atoms with Gasteiger partial charge >= 0.3 is 5.97 Å². The van der Waals surface area contributed by atoms with E-state index in [1.807, 2.05) is 26.0 Å². The number of fused-ring (bicyclic) bond motifs is 1. The highest BCUT2D eigenvalue weighted by atomic mass is 32.1. The molecule has 3 rings (SSSR count). The molecule has 2 aromatic rings. The molecule has 1 aromatic heterocycles. The van der Waals surface area contributed by atoms with Crippen LogP contribution in [0, 0.1) is 19.8 Å². The number of ether oxygens (including phenoxy) is 1. The molecule has 0 radical (unpaired) electrons. The van der Waals surface area contributed by atoms with Crippen molar-refractivity contribution >= 4 is 33.9 Å². The highest BCUT2D eigenvalue weighted by Crippen LogP contribution is 2.40. The van der Waals surface area contributed by atoms with Crippen LogP contribution in [0.1, 0.15) is 52.2 Å². The molecule has 1 heterocycles. The third kappa shape index (κ3) is 4.55. The van der Waals surface area contributed by atoms with E-state index in [1.165, 1.54) is 21.8 Å². The molecular formula is C22H28N2O3S. The van der Waals surface area contributed by atoms with Crippen LogP contribution in [-0.4, -0.2) is 25.0 Å². The van der Waals surface area contributed by atoms with Crippen molar-refractivity contribution in [1.82, 2.24) is 0 Å². The van der Waals surface area contributed by atoms with Crippen molar-refractivity contribution in [3.8, 4) is 0 Å². The van der Waals surface area contributed by atoms with E-state index in [9.17, 15) is 9.59 Å². The van der Waals surface area contributed by atoms with Crippen molar-refractivity contribution in [2.75, 3.05) is 23.8 Å². The van der Waals surface area contributed by atoms with Gasteiger partial charge in [0.25, 0.3) is 0 Å². The molecule has 0 spiro atoms. The van der Waals surface area contributed by atoms with Crippen molar-refractivity contribution < 1.29 is 14.3 Å². The van der Waals surface area contributed by atoms with Gasteiger partial charge in [-0.3, -0.25) is 4.79 Å². The maximum Gasteiger partial charge on any atom is 0.341 e. The Balaban J connectivity index is 1.75. The number of aryl methyl sites for hydroxylation is 2. The van der Waals surface area contributed by atoms with Gasteiger partial charge in [0.2, 0.25) is 5.91 Å². The first-order valence-electron chi connectivity index (χ1n) is 9.81. The summed E-state index contributed by atoms with van der Waals surface area (Å²) in [5, 5.41) is 6.73. The van der Waals surface area contributed by atoms with Gasteiger partial charge in [-0.2, -0.15) is 0 Å². The Morgan fingerprint density at radius 2 is 2.07 bits per heavy atom. The predicted octanol–water partition coefficient (Wildman–Crippen LogP) is 4.72. The van der Waals surface area contributed by atoms with Gasteiger partial charge in [0.1, 0.15) is 5.00 Å². The number of benzene rings is 1. The molecule has 0 bridgehead atoms. The SMILES string of the molecule is CCOC(=O)c1c(NC(=O)CNc2ccc(C)cc2C)sc2c1CCC(C)C2. The zero-order valence-corrected chi connectivity index (χ0v) is 17.8. The first-order valence-corrected chi connectivity index (χ1v) is 10.6. The van der Waals surface area contributed by atoms with E-state index in [2.05, 4.69) is 23.6 Å². The highest BCUT2D eigenvalue weighted by molar-refractivity contribution is 7.17. The Labute approximate surface area is 170 Å². The third-order valence-corrected chi connectivity index (χ3v) is 6.24. The molecule has 1 atom stereocenters. The second kappa shape index (κ2) is 8.78. The molecule has 0 fully saturated rings. The van der Waals surface area contributed by atoms with Crippen LogP contribution >= 0.6 is 11.3 Å². The van der Waals surface area contributed by atoms with Crippen LogP contribution in [0.2, 0.25) is 0 Å². The lowest BCUT2D eigenvalue weighted by Crippen LogP contribution is -2.23. The first kappa shape index (κ1) is 20.4. The number of hydrogen-bond donors (Lipinski definition) is 2. The summed E-state index contributed by atoms with van der Waals surface area (Å²) in [7, 11) is 0. The van der Waals surface area contributed by atoms with Crippen LogP contribution in [-0.2, 0) is 22.4 Å². The van der Waals surface area contributed by atoms with Crippen molar-refractivity contribution in [1.29, 1.82) is 0 Å². The number of thiophene rings is 1. The largest absolute Gasteiger partial charge is 0.462 e. The van der Waals surface area contributed by atoms with Crippen LogP contribution < -0.4 is 10.6 Å². The molecule has 6 heteroatoms. The Morgan fingerprint density at radius 3 is 2.79 bits per heavy atom. The van der Waals surface area contributed by atoms with E-state index in [0.29, 0.717) is 23.1 Å². The fraction of sp³-hybridized carbons (Fsp3) is 0.455. The van der Waals surface area contributed by atoms with Crippen molar-refractivity contribution in [2.24, 2.45) is 5.92 Å². The van der Waals surface area contributed by atoms with Crippen LogP contribution in [0.4, 0.5) is 10.7 Å². The minimum Gasteiger partial charge on any atom is -0.462 e. The zero-order valence-electron chi connectivity index (χ0n) is 17.0. The van der Waals surface area contributed by atoms with Gasteiger partial charge in [-0.1, -0.05) is 24.6 Å². The minimum absolute atomic E-state index is 0.144. The maximum absolute atomic E-state index is 12.6. The van der Waals surface area contributed by atoms with E-state index >= 15 is 0 Å². The minimum atomic E-state index is -0.341. The number of esters is 1. The Kier molecular flexibility index (Phi) is 6.39. The lowest BCUT2D eigenvalue weighted by Gasteiger charge is -2.18. The summed E-state index contributed by atoms with van der Waals surface area (Å²) in [5.74, 6) is 0.0836. The molecule has 1 aliphatic carbocycles. The summed E-state index contributed by atoms with van der Waals surface area (Å²) < 4.78 is 5.26. The molecule has 1 amide bonds. The monoisotopic (exact) mass is 400 g/mol. The van der Waals surface area contributed by atoms with Gasteiger partial charge in [0, 0.05) is 10.6 Å². The molecule has 1 aliphatic rings. The first-order chi connectivity index (χ1) is 13.4.